The summed E-state index contributed by atoms with van der Waals surface area (Å²) in [6.45, 7) is 0. The molecule has 3 atom stereocenters. The van der Waals surface area contributed by atoms with E-state index in [0.29, 0.717) is 22.4 Å². The zero-order valence-electron chi connectivity index (χ0n) is 21.6. The molecule has 1 spiro atoms. The van der Waals surface area contributed by atoms with Gasteiger partial charge in [0, 0.05) is 32.8 Å². The van der Waals surface area contributed by atoms with Crippen LogP contribution in [0.25, 0.3) is 6.08 Å². The summed E-state index contributed by atoms with van der Waals surface area (Å²) >= 11 is 3.52. The first-order chi connectivity index (χ1) is 19.5. The van der Waals surface area contributed by atoms with Crippen molar-refractivity contribution in [1.29, 1.82) is 0 Å². The highest BCUT2D eigenvalue weighted by molar-refractivity contribution is 9.10. The molecule has 6 heteroatoms. The summed E-state index contributed by atoms with van der Waals surface area (Å²) in [5, 5.41) is 0. The number of ether oxygens (including phenoxy) is 1. The number of Topliss-reactive ketones (excluding diaryl/α,β-unsaturated/α-hetero) is 3. The standard InChI is InChI=1S/C34H24BrNO4/c1-40-24-17-12-22(13-18-24)31(37)30-29(21-10-15-23(35)16-11-21)34(32(38)25-7-3-4-8-26(25)33(34)39)28-19-14-20-6-2-5-9-27(20)36(28)30/h2-19,28-30H,1H3/t28-,29-,30-/m0/s1. The molecule has 4 aromatic rings. The van der Waals surface area contributed by atoms with Crippen molar-refractivity contribution in [2.24, 2.45) is 5.41 Å². The fourth-order valence-electron chi connectivity index (χ4n) is 6.89. The van der Waals surface area contributed by atoms with E-state index < -0.39 is 23.4 Å². The molecule has 1 saturated heterocycles. The van der Waals surface area contributed by atoms with Gasteiger partial charge in [0.1, 0.15) is 17.2 Å². The third kappa shape index (κ3) is 3.29. The van der Waals surface area contributed by atoms with Crippen LogP contribution in [0, 0.1) is 5.41 Å². The van der Waals surface area contributed by atoms with Gasteiger partial charge in [0.05, 0.1) is 13.2 Å². The quantitative estimate of drug-likeness (QED) is 0.194. The largest absolute Gasteiger partial charge is 0.497 e. The summed E-state index contributed by atoms with van der Waals surface area (Å²) in [5.74, 6) is -0.706. The van der Waals surface area contributed by atoms with Crippen LogP contribution in [-0.4, -0.2) is 36.5 Å². The monoisotopic (exact) mass is 589 g/mol. The molecule has 0 aromatic heterocycles. The first kappa shape index (κ1) is 24.7. The number of ketones is 3. The Morgan fingerprint density at radius 3 is 2.10 bits per heavy atom. The molecule has 0 saturated carbocycles. The van der Waals surface area contributed by atoms with Gasteiger partial charge in [-0.2, -0.15) is 0 Å². The molecule has 3 aliphatic rings. The number of nitrogens with zero attached hydrogens (tertiary/aromatic N) is 1. The van der Waals surface area contributed by atoms with Crippen LogP contribution >= 0.6 is 15.9 Å². The van der Waals surface area contributed by atoms with E-state index in [1.165, 1.54) is 0 Å². The maximum Gasteiger partial charge on any atom is 0.185 e. The number of anilines is 1. The highest BCUT2D eigenvalue weighted by Crippen LogP contribution is 2.61. The van der Waals surface area contributed by atoms with Crippen molar-refractivity contribution in [2.45, 2.75) is 18.0 Å². The van der Waals surface area contributed by atoms with E-state index in [-0.39, 0.29) is 17.3 Å². The predicted molar refractivity (Wildman–Crippen MR) is 157 cm³/mol. The summed E-state index contributed by atoms with van der Waals surface area (Å²) in [5.41, 5.74) is 2.36. The zero-order valence-corrected chi connectivity index (χ0v) is 23.2. The molecule has 0 N–H and O–H groups in total. The molecule has 5 nitrogen and oxygen atoms in total. The molecule has 0 radical (unpaired) electrons. The Bertz CT molecular complexity index is 1690. The second-order valence-corrected chi connectivity index (χ2v) is 11.3. The summed E-state index contributed by atoms with van der Waals surface area (Å²) < 4.78 is 6.20. The third-order valence-corrected chi connectivity index (χ3v) is 9.11. The van der Waals surface area contributed by atoms with Gasteiger partial charge < -0.3 is 9.64 Å². The lowest BCUT2D eigenvalue weighted by Crippen LogP contribution is -2.48. The number of methoxy groups -OCH3 is 1. The van der Waals surface area contributed by atoms with E-state index in [4.69, 9.17) is 4.74 Å². The second-order valence-electron chi connectivity index (χ2n) is 10.4. The predicted octanol–water partition coefficient (Wildman–Crippen LogP) is 6.77. The van der Waals surface area contributed by atoms with Gasteiger partial charge in [0.2, 0.25) is 0 Å². The van der Waals surface area contributed by atoms with Crippen LogP contribution in [0.15, 0.2) is 108 Å². The van der Waals surface area contributed by atoms with Gasteiger partial charge in [0.15, 0.2) is 17.3 Å². The molecule has 0 bridgehead atoms. The van der Waals surface area contributed by atoms with Crippen molar-refractivity contribution in [3.8, 4) is 5.75 Å². The van der Waals surface area contributed by atoms with E-state index in [1.54, 1.807) is 55.6 Å². The highest BCUT2D eigenvalue weighted by atomic mass is 79.9. The van der Waals surface area contributed by atoms with Crippen LogP contribution in [-0.2, 0) is 0 Å². The first-order valence-electron chi connectivity index (χ1n) is 13.1. The number of benzene rings is 4. The number of rotatable bonds is 4. The summed E-state index contributed by atoms with van der Waals surface area (Å²) in [7, 11) is 1.58. The summed E-state index contributed by atoms with van der Waals surface area (Å²) in [6, 6.07) is 28.1. The maximum atomic E-state index is 14.6. The SMILES string of the molecule is COc1ccc(C(=O)[C@@H]2[C@H](c3ccc(Br)cc3)C3(C(=O)c4ccccc4C3=O)[C@@H]3C=Cc4ccccc4N23)cc1. The minimum Gasteiger partial charge on any atom is -0.497 e. The van der Waals surface area contributed by atoms with E-state index in [1.807, 2.05) is 65.6 Å². The maximum absolute atomic E-state index is 14.6. The Morgan fingerprint density at radius 1 is 0.825 bits per heavy atom. The zero-order chi connectivity index (χ0) is 27.6. The van der Waals surface area contributed by atoms with Crippen molar-refractivity contribution in [3.05, 3.63) is 135 Å². The molecule has 0 unspecified atom stereocenters. The number of hydrogen-bond donors (Lipinski definition) is 0. The molecular weight excluding hydrogens is 566 g/mol. The van der Waals surface area contributed by atoms with E-state index in [9.17, 15) is 14.4 Å². The molecule has 40 heavy (non-hydrogen) atoms. The molecule has 2 aliphatic heterocycles. The Balaban J connectivity index is 1.52. The van der Waals surface area contributed by atoms with Crippen LogP contribution in [0.5, 0.6) is 5.75 Å². The highest BCUT2D eigenvalue weighted by Gasteiger charge is 2.71. The molecular formula is C34H24BrNO4. The molecule has 7 rings (SSSR count). The fraction of sp³-hybridized carbons (Fsp3) is 0.147. The first-order valence-corrected chi connectivity index (χ1v) is 13.9. The van der Waals surface area contributed by atoms with Crippen molar-refractivity contribution >= 4 is 45.0 Å². The Labute approximate surface area is 240 Å². The van der Waals surface area contributed by atoms with Crippen molar-refractivity contribution in [1.82, 2.24) is 0 Å². The molecule has 196 valence electrons. The topological polar surface area (TPSA) is 63.7 Å². The van der Waals surface area contributed by atoms with Crippen LogP contribution in [0.4, 0.5) is 5.69 Å². The number of fused-ring (bicyclic) bond motifs is 5. The molecule has 0 amide bonds. The smallest absolute Gasteiger partial charge is 0.185 e. The van der Waals surface area contributed by atoms with Gasteiger partial charge in [0.25, 0.3) is 0 Å². The lowest BCUT2D eigenvalue weighted by Gasteiger charge is -2.37. The van der Waals surface area contributed by atoms with E-state index in [2.05, 4.69) is 15.9 Å². The molecule has 1 aliphatic carbocycles. The number of halogens is 1. The van der Waals surface area contributed by atoms with Crippen molar-refractivity contribution in [3.63, 3.8) is 0 Å². The average Bonchev–Trinajstić information content (AvgIpc) is 3.43. The van der Waals surface area contributed by atoms with Gasteiger partial charge in [-0.25, -0.2) is 0 Å². The van der Waals surface area contributed by atoms with Crippen molar-refractivity contribution < 1.29 is 19.1 Å². The van der Waals surface area contributed by atoms with Gasteiger partial charge in [-0.3, -0.25) is 14.4 Å². The second kappa shape index (κ2) is 9.14. The lowest BCUT2D eigenvalue weighted by molar-refractivity contribution is 0.0666. The fourth-order valence-corrected chi connectivity index (χ4v) is 7.15. The number of carbonyl (C=O) groups excluding carboxylic acids is 3. The van der Waals surface area contributed by atoms with E-state index in [0.717, 1.165) is 21.3 Å². The van der Waals surface area contributed by atoms with E-state index >= 15 is 0 Å². The summed E-state index contributed by atoms with van der Waals surface area (Å²) in [6.07, 6.45) is 3.91. The van der Waals surface area contributed by atoms with Crippen LogP contribution in [0.2, 0.25) is 0 Å². The minimum absolute atomic E-state index is 0.154. The summed E-state index contributed by atoms with van der Waals surface area (Å²) in [4.78, 5) is 45.9. The molecule has 4 aromatic carbocycles. The van der Waals surface area contributed by atoms with Gasteiger partial charge in [-0.15, -0.1) is 0 Å². The number of carbonyl (C=O) groups is 3. The van der Waals surface area contributed by atoms with Crippen LogP contribution < -0.4 is 9.64 Å². The third-order valence-electron chi connectivity index (χ3n) is 8.59. The van der Waals surface area contributed by atoms with Crippen molar-refractivity contribution in [2.75, 3.05) is 12.0 Å². The van der Waals surface area contributed by atoms with Gasteiger partial charge in [-0.05, 0) is 53.6 Å². The van der Waals surface area contributed by atoms with Crippen LogP contribution in [0.1, 0.15) is 48.1 Å². The number of hydrogen-bond acceptors (Lipinski definition) is 5. The Hall–Kier alpha value is -4.29. The minimum atomic E-state index is -1.51. The van der Waals surface area contributed by atoms with Gasteiger partial charge >= 0.3 is 0 Å². The average molecular weight is 590 g/mol. The van der Waals surface area contributed by atoms with Crippen LogP contribution in [0.3, 0.4) is 0 Å². The Kier molecular flexibility index (Phi) is 5.65. The normalized spacial score (nSPS) is 21.8. The number of para-hydroxylation sites is 1. The molecule has 1 fully saturated rings. The Morgan fingerprint density at radius 2 is 1.45 bits per heavy atom. The van der Waals surface area contributed by atoms with Gasteiger partial charge in [-0.1, -0.05) is 82.7 Å². The lowest BCUT2D eigenvalue weighted by atomic mass is 9.64. The molecule has 2 heterocycles.